The summed E-state index contributed by atoms with van der Waals surface area (Å²) in [6, 6.07) is 8.01. The smallest absolute Gasteiger partial charge is 0.232 e. The lowest BCUT2D eigenvalue weighted by Crippen LogP contribution is -2.52. The van der Waals surface area contributed by atoms with Gasteiger partial charge in [-0.05, 0) is 38.4 Å². The van der Waals surface area contributed by atoms with Crippen molar-refractivity contribution < 1.29 is 22.6 Å². The molecule has 0 atom stereocenters. The van der Waals surface area contributed by atoms with Crippen molar-refractivity contribution in [3.05, 3.63) is 41.0 Å². The first-order valence-electron chi connectivity index (χ1n) is 15.3. The number of ether oxygens (including phenoxy) is 3. The van der Waals surface area contributed by atoms with Crippen LogP contribution in [0.15, 0.2) is 30.5 Å². The molecular weight excluding hydrogens is 632 g/mol. The number of likely N-dealkylation sites (N-methyl/N-ethyl adjacent to an activating group) is 1. The number of methoxy groups -OCH3 is 1. The van der Waals surface area contributed by atoms with Crippen molar-refractivity contribution in [1.82, 2.24) is 19.8 Å². The van der Waals surface area contributed by atoms with Crippen molar-refractivity contribution in [2.24, 2.45) is 0 Å². The minimum atomic E-state index is -3.58. The van der Waals surface area contributed by atoms with Crippen LogP contribution in [0.25, 0.3) is 0 Å². The van der Waals surface area contributed by atoms with Crippen molar-refractivity contribution in [3.8, 4) is 17.2 Å². The maximum atomic E-state index is 12.4. The molecule has 2 fully saturated rings. The zero-order valence-corrected chi connectivity index (χ0v) is 28.4. The van der Waals surface area contributed by atoms with Crippen LogP contribution in [0, 0.1) is 6.92 Å². The fourth-order valence-electron chi connectivity index (χ4n) is 6.18. The van der Waals surface area contributed by atoms with Crippen LogP contribution in [0.2, 0.25) is 5.02 Å². The van der Waals surface area contributed by atoms with Crippen LogP contribution >= 0.6 is 11.6 Å². The van der Waals surface area contributed by atoms with Crippen molar-refractivity contribution >= 4 is 56.1 Å². The van der Waals surface area contributed by atoms with Crippen LogP contribution in [-0.2, 0) is 10.0 Å². The molecule has 2 aromatic carbocycles. The third-order valence-electron chi connectivity index (χ3n) is 8.95. The van der Waals surface area contributed by atoms with E-state index < -0.39 is 10.0 Å². The Bertz CT molecular complexity index is 1690. The summed E-state index contributed by atoms with van der Waals surface area (Å²) in [4.78, 5) is 16.5. The summed E-state index contributed by atoms with van der Waals surface area (Å²) >= 11 is 6.51. The highest BCUT2D eigenvalue weighted by atomic mass is 35.5. The Hall–Kier alpha value is -3.72. The zero-order chi connectivity index (χ0) is 32.6. The first-order valence-corrected chi connectivity index (χ1v) is 17.5. The Morgan fingerprint density at radius 3 is 2.37 bits per heavy atom. The van der Waals surface area contributed by atoms with Crippen LogP contribution in [0.3, 0.4) is 0 Å². The summed E-state index contributed by atoms with van der Waals surface area (Å²) in [6.07, 6.45) is 4.89. The number of nitrogens with one attached hydrogen (secondary N) is 2. The predicted molar refractivity (Wildman–Crippen MR) is 181 cm³/mol. The quantitative estimate of drug-likeness (QED) is 0.337. The number of hydrogen-bond acceptors (Lipinski definition) is 12. The molecule has 46 heavy (non-hydrogen) atoms. The van der Waals surface area contributed by atoms with Gasteiger partial charge in [-0.1, -0.05) is 11.6 Å². The van der Waals surface area contributed by atoms with Crippen molar-refractivity contribution in [1.29, 1.82) is 0 Å². The second-order valence-corrected chi connectivity index (χ2v) is 14.4. The molecule has 13 nitrogen and oxygen atoms in total. The Kier molecular flexibility index (Phi) is 9.24. The maximum absolute atomic E-state index is 12.4. The number of piperidine rings is 1. The van der Waals surface area contributed by atoms with E-state index in [0.717, 1.165) is 73.9 Å². The average molecular weight is 673 g/mol. The minimum absolute atomic E-state index is 0.0398. The third-order valence-corrected chi connectivity index (χ3v) is 10.4. The molecule has 3 aromatic rings. The number of hydrogen-bond donors (Lipinski definition) is 2. The number of fused-ring (bicyclic) bond motifs is 1. The molecule has 0 saturated carbocycles. The molecule has 2 N–H and O–H groups in total. The van der Waals surface area contributed by atoms with Gasteiger partial charge in [0.25, 0.3) is 0 Å². The fourth-order valence-corrected chi connectivity index (χ4v) is 6.82. The van der Waals surface area contributed by atoms with E-state index in [-0.39, 0.29) is 23.6 Å². The summed E-state index contributed by atoms with van der Waals surface area (Å²) in [5.74, 6) is 2.14. The number of sulfonamides is 1. The summed E-state index contributed by atoms with van der Waals surface area (Å²) in [6.45, 7) is 8.71. The number of nitrogens with zero attached hydrogens (tertiary/aromatic N) is 6. The summed E-state index contributed by atoms with van der Waals surface area (Å²) in [7, 11) is 1.72. The summed E-state index contributed by atoms with van der Waals surface area (Å²) < 4.78 is 42.8. The molecule has 0 bridgehead atoms. The molecule has 2 saturated heterocycles. The molecule has 0 radical (unpaired) electrons. The number of anilines is 6. The van der Waals surface area contributed by atoms with E-state index in [1.54, 1.807) is 19.2 Å². The lowest BCUT2D eigenvalue weighted by atomic mass is 10.0. The SMILES string of the molecule is COc1cc(N2CCC(N3CCN(C)CC3)CC2)c(C)cc1Nc1ncc(Cl)c(Nc2cc3c(cc2N(C)S(C)(=O)=O)OCO3)n1. The highest BCUT2D eigenvalue weighted by Crippen LogP contribution is 2.43. The van der Waals surface area contributed by atoms with Crippen molar-refractivity contribution in [2.45, 2.75) is 25.8 Å². The van der Waals surface area contributed by atoms with Crippen LogP contribution in [0.5, 0.6) is 17.2 Å². The molecule has 0 amide bonds. The monoisotopic (exact) mass is 672 g/mol. The average Bonchev–Trinajstić information content (AvgIpc) is 3.50. The Morgan fingerprint density at radius 1 is 1.00 bits per heavy atom. The van der Waals surface area contributed by atoms with Gasteiger partial charge in [0.1, 0.15) is 10.8 Å². The molecule has 1 aromatic heterocycles. The van der Waals surface area contributed by atoms with Crippen molar-refractivity contribution in [2.75, 3.05) is 93.4 Å². The van der Waals surface area contributed by atoms with Gasteiger partial charge in [-0.25, -0.2) is 13.4 Å². The summed E-state index contributed by atoms with van der Waals surface area (Å²) in [5, 5.41) is 6.69. The van der Waals surface area contributed by atoms with E-state index in [0.29, 0.717) is 40.4 Å². The summed E-state index contributed by atoms with van der Waals surface area (Å²) in [5.41, 5.74) is 3.74. The lowest BCUT2D eigenvalue weighted by Gasteiger charge is -2.43. The van der Waals surface area contributed by atoms with E-state index >= 15 is 0 Å². The van der Waals surface area contributed by atoms with Gasteiger partial charge in [0.05, 0.1) is 36.6 Å². The minimum Gasteiger partial charge on any atom is -0.494 e. The van der Waals surface area contributed by atoms with E-state index in [1.807, 2.05) is 6.07 Å². The predicted octanol–water partition coefficient (Wildman–Crippen LogP) is 4.27. The maximum Gasteiger partial charge on any atom is 0.232 e. The number of benzene rings is 2. The number of aromatic nitrogens is 2. The van der Waals surface area contributed by atoms with Gasteiger partial charge in [0.15, 0.2) is 17.3 Å². The highest BCUT2D eigenvalue weighted by Gasteiger charge is 2.28. The first-order chi connectivity index (χ1) is 22.0. The fraction of sp³-hybridized carbons (Fsp3) is 0.484. The molecule has 0 aliphatic carbocycles. The topological polar surface area (TPSA) is 125 Å². The molecule has 3 aliphatic rings. The second-order valence-electron chi connectivity index (χ2n) is 12.0. The highest BCUT2D eigenvalue weighted by molar-refractivity contribution is 7.92. The molecular formula is C31H41ClN8O5S. The van der Waals surface area contributed by atoms with Gasteiger partial charge in [0, 0.05) is 76.2 Å². The Balaban J connectivity index is 1.20. The standard InChI is InChI=1S/C31H41ClN8O5S/c1-20-14-24(27(43-4)16-25(20)40-8-6-21(7-9-40)39-12-10-37(2)11-13-39)35-31-33-18-22(32)30(36-31)34-23-15-28-29(45-19-44-28)17-26(23)38(3)46(5,41)42/h14-18,21H,6-13,19H2,1-5H3,(H2,33,34,35,36). The third kappa shape index (κ3) is 6.85. The van der Waals surface area contributed by atoms with Gasteiger partial charge in [-0.2, -0.15) is 4.98 Å². The van der Waals surface area contributed by atoms with E-state index in [9.17, 15) is 8.42 Å². The van der Waals surface area contributed by atoms with Crippen LogP contribution in [0.1, 0.15) is 18.4 Å². The van der Waals surface area contributed by atoms with E-state index in [1.165, 1.54) is 13.2 Å². The second kappa shape index (κ2) is 13.2. The molecule has 0 unspecified atom stereocenters. The number of aryl methyl sites for hydroxylation is 1. The molecule has 0 spiro atoms. The van der Waals surface area contributed by atoms with Crippen molar-refractivity contribution in [3.63, 3.8) is 0 Å². The Morgan fingerprint density at radius 2 is 1.70 bits per heavy atom. The van der Waals surface area contributed by atoms with Crippen LogP contribution in [-0.4, -0.2) is 108 Å². The van der Waals surface area contributed by atoms with E-state index in [2.05, 4.69) is 55.3 Å². The number of rotatable bonds is 9. The normalized spacial score (nSPS) is 17.7. The molecule has 4 heterocycles. The van der Waals surface area contributed by atoms with Crippen LogP contribution < -0.4 is 34.0 Å². The Labute approximate surface area is 275 Å². The molecule has 6 rings (SSSR count). The molecule has 248 valence electrons. The largest absolute Gasteiger partial charge is 0.494 e. The van der Waals surface area contributed by atoms with E-state index in [4.69, 9.17) is 25.8 Å². The van der Waals surface area contributed by atoms with Gasteiger partial charge in [-0.15, -0.1) is 0 Å². The molecule has 3 aliphatic heterocycles. The van der Waals surface area contributed by atoms with Gasteiger partial charge in [0.2, 0.25) is 22.8 Å². The lowest BCUT2D eigenvalue weighted by molar-refractivity contribution is 0.0982. The zero-order valence-electron chi connectivity index (χ0n) is 26.8. The van der Waals surface area contributed by atoms with Gasteiger partial charge >= 0.3 is 0 Å². The molecule has 15 heteroatoms. The van der Waals surface area contributed by atoms with Crippen LogP contribution in [0.4, 0.5) is 34.5 Å². The van der Waals surface area contributed by atoms with Gasteiger partial charge in [-0.3, -0.25) is 9.21 Å². The van der Waals surface area contributed by atoms with Gasteiger partial charge < -0.3 is 34.6 Å². The number of halogens is 1. The number of piperazine rings is 1. The first kappa shape index (κ1) is 32.2.